The lowest BCUT2D eigenvalue weighted by Crippen LogP contribution is -2.31. The first-order valence-electron chi connectivity index (χ1n) is 4.58. The van der Waals surface area contributed by atoms with Gasteiger partial charge in [-0.2, -0.15) is 0 Å². The molecule has 2 rings (SSSR count). The smallest absolute Gasteiger partial charge is 0.137 e. The van der Waals surface area contributed by atoms with Crippen LogP contribution in [0.3, 0.4) is 0 Å². The maximum absolute atomic E-state index is 11.9. The molecule has 0 N–H and O–H groups in total. The molecule has 13 heavy (non-hydrogen) atoms. The molecular weight excluding hydrogens is 202 g/mol. The van der Waals surface area contributed by atoms with Crippen LogP contribution in [-0.4, -0.2) is 21.6 Å². The third-order valence-electron chi connectivity index (χ3n) is 2.22. The van der Waals surface area contributed by atoms with E-state index in [2.05, 4.69) is 4.31 Å². The molecule has 0 bridgehead atoms. The fraction of sp³-hybridized carbons (Fsp3) is 0.556. The zero-order chi connectivity index (χ0) is 9.10. The van der Waals surface area contributed by atoms with Crippen LogP contribution in [0.15, 0.2) is 21.7 Å². The van der Waals surface area contributed by atoms with Gasteiger partial charge in [-0.1, -0.05) is 12.5 Å². The normalized spacial score (nSPS) is 21.5. The van der Waals surface area contributed by atoms with E-state index in [1.807, 2.05) is 17.5 Å². The first-order chi connectivity index (χ1) is 6.38. The van der Waals surface area contributed by atoms with Gasteiger partial charge in [-0.05, 0) is 24.3 Å². The van der Waals surface area contributed by atoms with E-state index in [-0.39, 0.29) is 0 Å². The van der Waals surface area contributed by atoms with E-state index in [1.165, 1.54) is 19.3 Å². The lowest BCUT2D eigenvalue weighted by Gasteiger charge is -2.24. The molecule has 1 aliphatic heterocycles. The Hall–Kier alpha value is -0.190. The minimum Gasteiger partial charge on any atom is -0.236 e. The summed E-state index contributed by atoms with van der Waals surface area (Å²) >= 11 is 1.58. The predicted octanol–water partition coefficient (Wildman–Crippen LogP) is 2.26. The van der Waals surface area contributed by atoms with E-state index < -0.39 is 11.0 Å². The molecule has 1 aromatic rings. The van der Waals surface area contributed by atoms with Gasteiger partial charge < -0.3 is 0 Å². The number of hydrogen-bond donors (Lipinski definition) is 0. The van der Waals surface area contributed by atoms with Gasteiger partial charge in [-0.15, -0.1) is 11.3 Å². The summed E-state index contributed by atoms with van der Waals surface area (Å²) < 4.78 is 15.0. The molecule has 4 heteroatoms. The number of piperidine rings is 1. The summed E-state index contributed by atoms with van der Waals surface area (Å²) in [6, 6.07) is 3.91. The van der Waals surface area contributed by atoms with E-state index in [9.17, 15) is 4.21 Å². The molecule has 0 radical (unpaired) electrons. The quantitative estimate of drug-likeness (QED) is 0.741. The standard InChI is InChI=1S/C9H13NOS2/c11-13(9-5-4-8-12-9)10-6-2-1-3-7-10/h4-5,8H,1-3,6-7H2. The average molecular weight is 215 g/mol. The SMILES string of the molecule is O=S(c1cccs1)N1CCCCC1. The number of thiophene rings is 1. The first kappa shape index (κ1) is 9.37. The summed E-state index contributed by atoms with van der Waals surface area (Å²) in [4.78, 5) is 0. The van der Waals surface area contributed by atoms with Crippen LogP contribution in [0.25, 0.3) is 0 Å². The Bertz CT molecular complexity index is 278. The maximum atomic E-state index is 11.9. The molecule has 0 aromatic carbocycles. The molecule has 1 unspecified atom stereocenters. The highest BCUT2D eigenvalue weighted by atomic mass is 32.2. The molecule has 72 valence electrons. The second kappa shape index (κ2) is 4.35. The van der Waals surface area contributed by atoms with Gasteiger partial charge in [0.25, 0.3) is 0 Å². The molecule has 1 aliphatic rings. The van der Waals surface area contributed by atoms with Crippen molar-refractivity contribution in [3.63, 3.8) is 0 Å². The Morgan fingerprint density at radius 2 is 2.08 bits per heavy atom. The van der Waals surface area contributed by atoms with E-state index in [0.29, 0.717) is 0 Å². The molecule has 2 heterocycles. The summed E-state index contributed by atoms with van der Waals surface area (Å²) in [6.07, 6.45) is 3.67. The minimum atomic E-state index is -0.887. The third-order valence-corrected chi connectivity index (χ3v) is 4.91. The van der Waals surface area contributed by atoms with Crippen LogP contribution < -0.4 is 0 Å². The van der Waals surface area contributed by atoms with Gasteiger partial charge in [-0.25, -0.2) is 8.51 Å². The van der Waals surface area contributed by atoms with Crippen molar-refractivity contribution >= 4 is 22.3 Å². The van der Waals surface area contributed by atoms with Gasteiger partial charge in [0.15, 0.2) is 0 Å². The van der Waals surface area contributed by atoms with Gasteiger partial charge in [0.2, 0.25) is 0 Å². The highest BCUT2D eigenvalue weighted by molar-refractivity contribution is 7.85. The van der Waals surface area contributed by atoms with Gasteiger partial charge in [0, 0.05) is 13.1 Å². The van der Waals surface area contributed by atoms with Gasteiger partial charge in [0.05, 0.1) is 0 Å². The van der Waals surface area contributed by atoms with Crippen molar-refractivity contribution in [2.75, 3.05) is 13.1 Å². The molecule has 0 aliphatic carbocycles. The van der Waals surface area contributed by atoms with Crippen molar-refractivity contribution in [3.8, 4) is 0 Å². The average Bonchev–Trinajstić information content (AvgIpc) is 2.71. The van der Waals surface area contributed by atoms with E-state index in [4.69, 9.17) is 0 Å². The summed E-state index contributed by atoms with van der Waals surface area (Å²) in [5.41, 5.74) is 0. The molecule has 1 saturated heterocycles. The Labute approximate surface area is 85.2 Å². The maximum Gasteiger partial charge on any atom is 0.137 e. The lowest BCUT2D eigenvalue weighted by molar-refractivity contribution is 0.366. The summed E-state index contributed by atoms with van der Waals surface area (Å²) in [5, 5.41) is 1.98. The number of rotatable bonds is 2. The van der Waals surface area contributed by atoms with Crippen LogP contribution in [0, 0.1) is 0 Å². The van der Waals surface area contributed by atoms with Crippen molar-refractivity contribution < 1.29 is 4.21 Å². The summed E-state index contributed by atoms with van der Waals surface area (Å²) in [5.74, 6) is 0. The molecule has 0 amide bonds. The largest absolute Gasteiger partial charge is 0.236 e. The molecule has 0 saturated carbocycles. The number of nitrogens with zero attached hydrogens (tertiary/aromatic N) is 1. The van der Waals surface area contributed by atoms with Crippen molar-refractivity contribution in [2.24, 2.45) is 0 Å². The Morgan fingerprint density at radius 3 is 2.69 bits per heavy atom. The topological polar surface area (TPSA) is 20.3 Å². The van der Waals surface area contributed by atoms with Crippen LogP contribution >= 0.6 is 11.3 Å². The third kappa shape index (κ3) is 2.18. The Kier molecular flexibility index (Phi) is 3.14. The minimum absolute atomic E-state index is 0.887. The number of hydrogen-bond acceptors (Lipinski definition) is 2. The monoisotopic (exact) mass is 215 g/mol. The van der Waals surface area contributed by atoms with Gasteiger partial charge in [-0.3, -0.25) is 0 Å². The Balaban J connectivity index is 2.04. The van der Waals surface area contributed by atoms with Crippen molar-refractivity contribution in [2.45, 2.75) is 23.5 Å². The van der Waals surface area contributed by atoms with E-state index >= 15 is 0 Å². The summed E-state index contributed by atoms with van der Waals surface area (Å²) in [7, 11) is -0.887. The molecule has 2 nitrogen and oxygen atoms in total. The second-order valence-electron chi connectivity index (χ2n) is 3.17. The fourth-order valence-corrected chi connectivity index (χ4v) is 3.82. The Morgan fingerprint density at radius 1 is 1.31 bits per heavy atom. The van der Waals surface area contributed by atoms with Crippen LogP contribution in [0.4, 0.5) is 0 Å². The molecule has 1 atom stereocenters. The first-order valence-corrected chi connectivity index (χ1v) is 6.57. The van der Waals surface area contributed by atoms with Gasteiger partial charge >= 0.3 is 0 Å². The van der Waals surface area contributed by atoms with Crippen LogP contribution in [0.2, 0.25) is 0 Å². The van der Waals surface area contributed by atoms with E-state index in [0.717, 1.165) is 17.3 Å². The zero-order valence-corrected chi connectivity index (χ0v) is 9.07. The van der Waals surface area contributed by atoms with Crippen LogP contribution in [0.1, 0.15) is 19.3 Å². The van der Waals surface area contributed by atoms with Crippen molar-refractivity contribution in [3.05, 3.63) is 17.5 Å². The van der Waals surface area contributed by atoms with Crippen LogP contribution in [-0.2, 0) is 11.0 Å². The molecular formula is C9H13NOS2. The van der Waals surface area contributed by atoms with E-state index in [1.54, 1.807) is 11.3 Å². The van der Waals surface area contributed by atoms with Crippen molar-refractivity contribution in [1.29, 1.82) is 0 Å². The highest BCUT2D eigenvalue weighted by Gasteiger charge is 2.17. The second-order valence-corrected chi connectivity index (χ2v) is 5.83. The highest BCUT2D eigenvalue weighted by Crippen LogP contribution is 2.20. The molecule has 0 spiro atoms. The molecule has 1 aromatic heterocycles. The van der Waals surface area contributed by atoms with Crippen LogP contribution in [0.5, 0.6) is 0 Å². The summed E-state index contributed by atoms with van der Waals surface area (Å²) in [6.45, 7) is 1.98. The predicted molar refractivity (Wildman–Crippen MR) is 56.2 cm³/mol. The lowest BCUT2D eigenvalue weighted by atomic mass is 10.2. The molecule has 1 fully saturated rings. The fourth-order valence-electron chi connectivity index (χ4n) is 1.52. The van der Waals surface area contributed by atoms with Crippen molar-refractivity contribution in [1.82, 2.24) is 4.31 Å². The zero-order valence-electron chi connectivity index (χ0n) is 7.44. The van der Waals surface area contributed by atoms with Gasteiger partial charge in [0.1, 0.15) is 15.2 Å².